The van der Waals surface area contributed by atoms with E-state index >= 15 is 0 Å². The Kier molecular flexibility index (Phi) is 2.58. The summed E-state index contributed by atoms with van der Waals surface area (Å²) < 4.78 is 1.12. The molecule has 1 aromatic heterocycles. The summed E-state index contributed by atoms with van der Waals surface area (Å²) in [5, 5.41) is 3.99. The Hall–Kier alpha value is -1.24. The van der Waals surface area contributed by atoms with Gasteiger partial charge in [0, 0.05) is 0 Å². The molecule has 0 amide bonds. The van der Waals surface area contributed by atoms with E-state index < -0.39 is 0 Å². The maximum Gasteiger partial charge on any atom is 0.190 e. The Balaban J connectivity index is 2.31. The van der Waals surface area contributed by atoms with Gasteiger partial charge in [-0.25, -0.2) is 10.8 Å². The molecule has 0 fully saturated rings. The Morgan fingerprint density at radius 1 is 1.43 bits per heavy atom. The molecule has 1 aromatic carbocycles. The third-order valence-electron chi connectivity index (χ3n) is 1.65. The average molecular weight is 224 g/mol. The highest BCUT2D eigenvalue weighted by Crippen LogP contribution is 2.24. The summed E-state index contributed by atoms with van der Waals surface area (Å²) >= 11 is 6.40. The molecule has 0 unspecified atom stereocenters. The van der Waals surface area contributed by atoms with Gasteiger partial charge in [0.15, 0.2) is 10.2 Å². The van der Waals surface area contributed by atoms with Crippen molar-refractivity contribution in [3.8, 4) is 0 Å². The zero-order valence-corrected chi connectivity index (χ0v) is 8.78. The lowest BCUT2D eigenvalue weighted by Crippen LogP contribution is -2.33. The normalized spacial score (nSPS) is 10.1. The standard InChI is InChI=1S/C8H8N4S2/c9-12-7(13)11-8-10-5-3-1-2-4-6(5)14-8/h1-4H,9H2,(H2,10,11,12,13). The van der Waals surface area contributed by atoms with Gasteiger partial charge in [-0.3, -0.25) is 0 Å². The molecule has 2 aromatic rings. The third-order valence-corrected chi connectivity index (χ3v) is 2.82. The second-order valence-corrected chi connectivity index (χ2v) is 4.02. The number of aromatic nitrogens is 1. The van der Waals surface area contributed by atoms with E-state index in [2.05, 4.69) is 15.7 Å². The lowest BCUT2D eigenvalue weighted by molar-refractivity contribution is 1.04. The van der Waals surface area contributed by atoms with Crippen LogP contribution < -0.4 is 16.6 Å². The van der Waals surface area contributed by atoms with E-state index in [1.54, 1.807) is 0 Å². The van der Waals surface area contributed by atoms with Crippen LogP contribution in [-0.4, -0.2) is 10.1 Å². The van der Waals surface area contributed by atoms with E-state index in [4.69, 9.17) is 18.1 Å². The zero-order chi connectivity index (χ0) is 9.97. The summed E-state index contributed by atoms with van der Waals surface area (Å²) in [6.07, 6.45) is 0. The van der Waals surface area contributed by atoms with Crippen molar-refractivity contribution in [3.63, 3.8) is 0 Å². The molecule has 72 valence electrons. The molecule has 0 saturated heterocycles. The fourth-order valence-corrected chi connectivity index (χ4v) is 2.09. The Labute approximate surface area is 90.1 Å². The van der Waals surface area contributed by atoms with Crippen molar-refractivity contribution >= 4 is 44.0 Å². The minimum Gasteiger partial charge on any atom is -0.308 e. The van der Waals surface area contributed by atoms with Crippen molar-refractivity contribution in [2.75, 3.05) is 5.32 Å². The molecule has 14 heavy (non-hydrogen) atoms. The molecule has 6 heteroatoms. The number of thiazole rings is 1. The molecule has 0 radical (unpaired) electrons. The summed E-state index contributed by atoms with van der Waals surface area (Å²) in [7, 11) is 0. The molecule has 0 aliphatic heterocycles. The van der Waals surface area contributed by atoms with E-state index in [-0.39, 0.29) is 0 Å². The first-order valence-electron chi connectivity index (χ1n) is 3.93. The van der Waals surface area contributed by atoms with Gasteiger partial charge in [0.05, 0.1) is 10.2 Å². The van der Waals surface area contributed by atoms with Gasteiger partial charge in [0.25, 0.3) is 0 Å². The fourth-order valence-electron chi connectivity index (χ4n) is 1.06. The minimum atomic E-state index is 0.365. The second-order valence-electron chi connectivity index (χ2n) is 2.59. The monoisotopic (exact) mass is 224 g/mol. The SMILES string of the molecule is NNC(=S)Nc1nc2ccccc2s1. The van der Waals surface area contributed by atoms with Gasteiger partial charge in [0.2, 0.25) is 0 Å². The number of para-hydroxylation sites is 1. The number of fused-ring (bicyclic) bond motifs is 1. The number of nitrogens with zero attached hydrogens (tertiary/aromatic N) is 1. The molecule has 0 bridgehead atoms. The summed E-state index contributed by atoms with van der Waals surface area (Å²) in [4.78, 5) is 4.32. The molecule has 0 saturated carbocycles. The summed E-state index contributed by atoms with van der Waals surface area (Å²) in [5.41, 5.74) is 3.30. The number of benzene rings is 1. The summed E-state index contributed by atoms with van der Waals surface area (Å²) in [5.74, 6) is 5.14. The van der Waals surface area contributed by atoms with Gasteiger partial charge >= 0.3 is 0 Å². The van der Waals surface area contributed by atoms with Crippen LogP contribution in [-0.2, 0) is 0 Å². The smallest absolute Gasteiger partial charge is 0.190 e. The fraction of sp³-hybridized carbons (Fsp3) is 0. The van der Waals surface area contributed by atoms with Gasteiger partial charge < -0.3 is 10.7 Å². The highest BCUT2D eigenvalue weighted by Gasteiger charge is 2.02. The number of hydrogen-bond donors (Lipinski definition) is 3. The van der Waals surface area contributed by atoms with Crippen LogP contribution in [0.5, 0.6) is 0 Å². The highest BCUT2D eigenvalue weighted by molar-refractivity contribution is 7.80. The number of rotatable bonds is 1. The van der Waals surface area contributed by atoms with Crippen LogP contribution in [0.1, 0.15) is 0 Å². The van der Waals surface area contributed by atoms with Gasteiger partial charge in [-0.05, 0) is 24.4 Å². The second kappa shape index (κ2) is 3.87. The van der Waals surface area contributed by atoms with E-state index in [0.717, 1.165) is 15.3 Å². The first-order chi connectivity index (χ1) is 6.79. The molecule has 0 aliphatic carbocycles. The number of anilines is 1. The largest absolute Gasteiger partial charge is 0.308 e. The van der Waals surface area contributed by atoms with Crippen molar-refractivity contribution in [2.45, 2.75) is 0 Å². The molecule has 4 nitrogen and oxygen atoms in total. The molecule has 0 aliphatic rings. The lowest BCUT2D eigenvalue weighted by Gasteiger charge is -2.00. The topological polar surface area (TPSA) is 63.0 Å². The quantitative estimate of drug-likeness (QED) is 0.389. The first kappa shape index (κ1) is 9.32. The Morgan fingerprint density at radius 3 is 2.93 bits per heavy atom. The van der Waals surface area contributed by atoms with E-state index in [1.807, 2.05) is 24.3 Å². The molecule has 0 spiro atoms. The molecule has 1 heterocycles. The van der Waals surface area contributed by atoms with E-state index in [1.165, 1.54) is 11.3 Å². The van der Waals surface area contributed by atoms with Crippen LogP contribution in [0.25, 0.3) is 10.2 Å². The lowest BCUT2D eigenvalue weighted by atomic mass is 10.3. The van der Waals surface area contributed by atoms with Crippen molar-refractivity contribution in [3.05, 3.63) is 24.3 Å². The Bertz CT molecular complexity index is 432. The van der Waals surface area contributed by atoms with Gasteiger partial charge in [-0.2, -0.15) is 0 Å². The highest BCUT2D eigenvalue weighted by atomic mass is 32.1. The minimum absolute atomic E-state index is 0.365. The Morgan fingerprint density at radius 2 is 2.21 bits per heavy atom. The van der Waals surface area contributed by atoms with Crippen LogP contribution in [0, 0.1) is 0 Å². The van der Waals surface area contributed by atoms with Crippen LogP contribution in [0.2, 0.25) is 0 Å². The maximum atomic E-state index is 5.14. The molecule has 2 rings (SSSR count). The molecule has 4 N–H and O–H groups in total. The first-order valence-corrected chi connectivity index (χ1v) is 5.15. The van der Waals surface area contributed by atoms with Gasteiger partial charge in [0.1, 0.15) is 0 Å². The number of nitrogens with two attached hydrogens (primary N) is 1. The maximum absolute atomic E-state index is 5.14. The number of hydrazine groups is 1. The van der Waals surface area contributed by atoms with Crippen LogP contribution in [0.15, 0.2) is 24.3 Å². The van der Waals surface area contributed by atoms with E-state index in [9.17, 15) is 0 Å². The molecular weight excluding hydrogens is 216 g/mol. The van der Waals surface area contributed by atoms with Crippen molar-refractivity contribution in [2.24, 2.45) is 5.84 Å². The van der Waals surface area contributed by atoms with Crippen molar-refractivity contribution in [1.29, 1.82) is 0 Å². The molecular formula is C8H8N4S2. The number of hydrogen-bond acceptors (Lipinski definition) is 4. The predicted molar refractivity (Wildman–Crippen MR) is 63.2 cm³/mol. The predicted octanol–water partition coefficient (Wildman–Crippen LogP) is 1.46. The number of thiocarbonyl (C=S) groups is 1. The third kappa shape index (κ3) is 1.82. The van der Waals surface area contributed by atoms with Crippen molar-refractivity contribution < 1.29 is 0 Å². The van der Waals surface area contributed by atoms with Crippen molar-refractivity contribution in [1.82, 2.24) is 10.4 Å². The molecule has 0 atom stereocenters. The van der Waals surface area contributed by atoms with Crippen LogP contribution >= 0.6 is 23.6 Å². The van der Waals surface area contributed by atoms with Gasteiger partial charge in [-0.15, -0.1) is 0 Å². The van der Waals surface area contributed by atoms with Crippen LogP contribution in [0.3, 0.4) is 0 Å². The summed E-state index contributed by atoms with van der Waals surface area (Å²) in [6.45, 7) is 0. The van der Waals surface area contributed by atoms with Crippen LogP contribution in [0.4, 0.5) is 5.13 Å². The number of nitrogens with one attached hydrogen (secondary N) is 2. The van der Waals surface area contributed by atoms with Gasteiger partial charge in [-0.1, -0.05) is 23.5 Å². The summed E-state index contributed by atoms with van der Waals surface area (Å²) in [6, 6.07) is 7.89. The zero-order valence-electron chi connectivity index (χ0n) is 7.15. The average Bonchev–Trinajstić information content (AvgIpc) is 2.59. The van der Waals surface area contributed by atoms with E-state index in [0.29, 0.717) is 5.11 Å².